The van der Waals surface area contributed by atoms with Crippen LogP contribution < -0.4 is 0 Å². The van der Waals surface area contributed by atoms with Crippen molar-refractivity contribution in [3.63, 3.8) is 0 Å². The van der Waals surface area contributed by atoms with Crippen molar-refractivity contribution in [1.29, 1.82) is 0 Å². The fraction of sp³-hybridized carbons (Fsp3) is 0.900. The number of nitrogens with zero attached hydrogens (tertiary/aromatic N) is 2. The van der Waals surface area contributed by atoms with Gasteiger partial charge in [-0.15, -0.1) is 0 Å². The van der Waals surface area contributed by atoms with Crippen LogP contribution in [0.5, 0.6) is 0 Å². The van der Waals surface area contributed by atoms with Gasteiger partial charge in [0.05, 0.1) is 0 Å². The zero-order valence-electron chi connectivity index (χ0n) is 10.3. The van der Waals surface area contributed by atoms with E-state index in [4.69, 9.17) is 5.11 Å². The third-order valence-corrected chi connectivity index (χ3v) is 4.66. The molecule has 0 saturated carbocycles. The lowest BCUT2D eigenvalue weighted by molar-refractivity contribution is -0.134. The molecule has 0 unspecified atom stereocenters. The molecule has 0 spiro atoms. The van der Waals surface area contributed by atoms with E-state index in [9.17, 15) is 13.2 Å². The maximum absolute atomic E-state index is 11.7. The molecular formula is C10H20N2O4S. The van der Waals surface area contributed by atoms with Gasteiger partial charge in [0.2, 0.25) is 10.0 Å². The first-order valence-corrected chi connectivity index (χ1v) is 7.26. The van der Waals surface area contributed by atoms with E-state index in [1.807, 2.05) is 14.1 Å². The molecule has 0 aromatic rings. The van der Waals surface area contributed by atoms with Crippen molar-refractivity contribution in [2.24, 2.45) is 5.92 Å². The van der Waals surface area contributed by atoms with Crippen LogP contribution >= 0.6 is 0 Å². The molecule has 6 nitrogen and oxygen atoms in total. The summed E-state index contributed by atoms with van der Waals surface area (Å²) in [5.74, 6) is -1.59. The Bertz CT molecular complexity index is 359. The van der Waals surface area contributed by atoms with Crippen LogP contribution in [0, 0.1) is 5.92 Å². The molecule has 1 aliphatic heterocycles. The number of sulfonamides is 1. The maximum atomic E-state index is 11.7. The van der Waals surface area contributed by atoms with E-state index in [0.29, 0.717) is 19.0 Å². The summed E-state index contributed by atoms with van der Waals surface area (Å²) in [5.41, 5.74) is 0. The SMILES string of the molecule is CN(C)CC1CCN(S(=O)(=O)CC(=O)O)CC1. The molecular weight excluding hydrogens is 244 g/mol. The zero-order valence-corrected chi connectivity index (χ0v) is 11.1. The Morgan fingerprint density at radius 2 is 1.88 bits per heavy atom. The number of hydrogen-bond donors (Lipinski definition) is 1. The Kier molecular flexibility index (Phi) is 4.91. The Hall–Kier alpha value is -0.660. The number of rotatable bonds is 5. The number of carbonyl (C=O) groups is 1. The van der Waals surface area contributed by atoms with E-state index in [1.165, 1.54) is 4.31 Å². The van der Waals surface area contributed by atoms with Crippen molar-refractivity contribution in [3.8, 4) is 0 Å². The second kappa shape index (κ2) is 5.79. The number of aliphatic carboxylic acids is 1. The summed E-state index contributed by atoms with van der Waals surface area (Å²) in [6.07, 6.45) is 1.61. The van der Waals surface area contributed by atoms with Gasteiger partial charge in [0.25, 0.3) is 0 Å². The summed E-state index contributed by atoms with van der Waals surface area (Å²) >= 11 is 0. The number of carboxylic acids is 1. The fourth-order valence-corrected chi connectivity index (χ4v) is 3.40. The first-order valence-electron chi connectivity index (χ1n) is 5.65. The van der Waals surface area contributed by atoms with Gasteiger partial charge in [-0.25, -0.2) is 12.7 Å². The van der Waals surface area contributed by atoms with Gasteiger partial charge < -0.3 is 10.0 Å². The Balaban J connectivity index is 2.49. The topological polar surface area (TPSA) is 77.9 Å². The molecule has 1 heterocycles. The molecule has 0 aromatic carbocycles. The molecule has 1 aliphatic rings. The molecule has 0 amide bonds. The summed E-state index contributed by atoms with van der Waals surface area (Å²) in [6, 6.07) is 0. The summed E-state index contributed by atoms with van der Waals surface area (Å²) in [7, 11) is 0.373. The standard InChI is InChI=1S/C10H20N2O4S/c1-11(2)7-9-3-5-12(6-4-9)17(15,16)8-10(13)14/h9H,3-8H2,1-2H3,(H,13,14). The number of hydrogen-bond acceptors (Lipinski definition) is 4. The Labute approximate surface area is 102 Å². The van der Waals surface area contributed by atoms with Crippen LogP contribution in [0.25, 0.3) is 0 Å². The fourth-order valence-electron chi connectivity index (χ4n) is 2.13. The predicted octanol–water partition coefficient (Wildman–Crippen LogP) is -0.326. The van der Waals surface area contributed by atoms with E-state index in [1.54, 1.807) is 0 Å². The summed E-state index contributed by atoms with van der Waals surface area (Å²) in [4.78, 5) is 12.5. The van der Waals surface area contributed by atoms with Gasteiger partial charge in [-0.1, -0.05) is 0 Å². The third kappa shape index (κ3) is 4.61. The van der Waals surface area contributed by atoms with Crippen molar-refractivity contribution < 1.29 is 18.3 Å². The smallest absolute Gasteiger partial charge is 0.320 e. The van der Waals surface area contributed by atoms with Crippen molar-refractivity contribution in [2.75, 3.05) is 39.5 Å². The first kappa shape index (κ1) is 14.4. The summed E-state index contributed by atoms with van der Waals surface area (Å²) in [6.45, 7) is 1.83. The number of piperidine rings is 1. The van der Waals surface area contributed by atoms with Crippen molar-refractivity contribution in [3.05, 3.63) is 0 Å². The molecule has 100 valence electrons. The zero-order chi connectivity index (χ0) is 13.1. The lowest BCUT2D eigenvalue weighted by atomic mass is 9.98. The highest BCUT2D eigenvalue weighted by Gasteiger charge is 2.29. The lowest BCUT2D eigenvalue weighted by Gasteiger charge is -2.32. The van der Waals surface area contributed by atoms with Gasteiger partial charge in [0.15, 0.2) is 5.75 Å². The molecule has 1 rings (SSSR count). The average molecular weight is 264 g/mol. The maximum Gasteiger partial charge on any atom is 0.320 e. The minimum Gasteiger partial charge on any atom is -0.480 e. The minimum absolute atomic E-state index is 0.439. The van der Waals surface area contributed by atoms with Crippen LogP contribution in [0.15, 0.2) is 0 Å². The van der Waals surface area contributed by atoms with Gasteiger partial charge in [0.1, 0.15) is 0 Å². The van der Waals surface area contributed by atoms with Crippen molar-refractivity contribution in [2.45, 2.75) is 12.8 Å². The first-order chi connectivity index (χ1) is 7.81. The minimum atomic E-state index is -3.61. The molecule has 0 aliphatic carbocycles. The van der Waals surface area contributed by atoms with Gasteiger partial charge >= 0.3 is 5.97 Å². The molecule has 17 heavy (non-hydrogen) atoms. The molecule has 0 atom stereocenters. The Morgan fingerprint density at radius 3 is 2.29 bits per heavy atom. The summed E-state index contributed by atoms with van der Waals surface area (Å²) in [5, 5.41) is 8.54. The van der Waals surface area contributed by atoms with E-state index in [-0.39, 0.29) is 0 Å². The number of carboxylic acid groups (broad SMARTS) is 1. The highest BCUT2D eigenvalue weighted by atomic mass is 32.2. The summed E-state index contributed by atoms with van der Waals surface area (Å²) < 4.78 is 24.6. The molecule has 1 saturated heterocycles. The van der Waals surface area contributed by atoms with Crippen LogP contribution in [0.1, 0.15) is 12.8 Å². The molecule has 1 fully saturated rings. The van der Waals surface area contributed by atoms with Gasteiger partial charge in [0, 0.05) is 19.6 Å². The Morgan fingerprint density at radius 1 is 1.35 bits per heavy atom. The third-order valence-electron chi connectivity index (χ3n) is 2.90. The lowest BCUT2D eigenvalue weighted by Crippen LogP contribution is -2.42. The van der Waals surface area contributed by atoms with Gasteiger partial charge in [-0.3, -0.25) is 4.79 Å². The van der Waals surface area contributed by atoms with Crippen molar-refractivity contribution >= 4 is 16.0 Å². The molecule has 0 radical (unpaired) electrons. The van der Waals surface area contributed by atoms with E-state index in [0.717, 1.165) is 19.4 Å². The van der Waals surface area contributed by atoms with E-state index in [2.05, 4.69) is 4.90 Å². The molecule has 7 heteroatoms. The molecule has 0 bridgehead atoms. The predicted molar refractivity (Wildman–Crippen MR) is 64.3 cm³/mol. The van der Waals surface area contributed by atoms with Crippen LogP contribution in [0.2, 0.25) is 0 Å². The second-order valence-electron chi connectivity index (χ2n) is 4.75. The molecule has 0 aromatic heterocycles. The average Bonchev–Trinajstić information content (AvgIpc) is 2.15. The highest BCUT2D eigenvalue weighted by molar-refractivity contribution is 7.89. The molecule has 1 N–H and O–H groups in total. The second-order valence-corrected chi connectivity index (χ2v) is 6.72. The van der Waals surface area contributed by atoms with E-state index < -0.39 is 21.7 Å². The van der Waals surface area contributed by atoms with Crippen molar-refractivity contribution in [1.82, 2.24) is 9.21 Å². The van der Waals surface area contributed by atoms with Crippen LogP contribution in [-0.2, 0) is 14.8 Å². The van der Waals surface area contributed by atoms with Crippen LogP contribution in [-0.4, -0.2) is 68.2 Å². The van der Waals surface area contributed by atoms with Gasteiger partial charge in [-0.2, -0.15) is 0 Å². The van der Waals surface area contributed by atoms with Crippen LogP contribution in [0.4, 0.5) is 0 Å². The monoisotopic (exact) mass is 264 g/mol. The van der Waals surface area contributed by atoms with Gasteiger partial charge in [-0.05, 0) is 32.9 Å². The quantitative estimate of drug-likeness (QED) is 0.736. The largest absolute Gasteiger partial charge is 0.480 e. The van der Waals surface area contributed by atoms with Crippen LogP contribution in [0.3, 0.4) is 0 Å². The normalized spacial score (nSPS) is 19.7. The highest BCUT2D eigenvalue weighted by Crippen LogP contribution is 2.20. The van der Waals surface area contributed by atoms with E-state index >= 15 is 0 Å².